The molecule has 1 saturated heterocycles. The summed E-state index contributed by atoms with van der Waals surface area (Å²) in [6.07, 6.45) is -0.560. The minimum absolute atomic E-state index is 0.188. The Morgan fingerprint density at radius 1 is 1.32 bits per heavy atom. The predicted molar refractivity (Wildman–Crippen MR) is 87.6 cm³/mol. The fourth-order valence-electron chi connectivity index (χ4n) is 3.21. The number of benzene rings is 1. The molecule has 25 heavy (non-hydrogen) atoms. The van der Waals surface area contributed by atoms with Gasteiger partial charge < -0.3 is 14.7 Å². The molecule has 0 bridgehead atoms. The zero-order chi connectivity index (χ0) is 18.4. The molecule has 2 rings (SSSR count). The zero-order valence-corrected chi connectivity index (χ0v) is 14.1. The molecular formula is C18H22FNO5. The molecule has 0 radical (unpaired) electrons. The van der Waals surface area contributed by atoms with E-state index in [0.29, 0.717) is 12.0 Å². The Balaban J connectivity index is 2.08. The average molecular weight is 351 g/mol. The van der Waals surface area contributed by atoms with Crippen LogP contribution in [0.2, 0.25) is 0 Å². The highest BCUT2D eigenvalue weighted by atomic mass is 19.1. The third-order valence-electron chi connectivity index (χ3n) is 4.45. The molecule has 1 heterocycles. The van der Waals surface area contributed by atoms with Crippen LogP contribution in [0, 0.1) is 11.7 Å². The minimum Gasteiger partial charge on any atom is -0.466 e. The highest BCUT2D eigenvalue weighted by Gasteiger charge is 2.35. The summed E-state index contributed by atoms with van der Waals surface area (Å²) in [6.45, 7) is 2.06. The number of Topliss-reactive ketones (excluding diaryl/α,β-unsaturated/α-hetero) is 1. The second-order valence-corrected chi connectivity index (χ2v) is 6.09. The summed E-state index contributed by atoms with van der Waals surface area (Å²) in [5.74, 6) is -1.63. The minimum atomic E-state index is -1.09. The molecule has 1 aromatic carbocycles. The molecule has 1 aliphatic heterocycles. The van der Waals surface area contributed by atoms with E-state index in [0.717, 1.165) is 0 Å². The Labute approximate surface area is 145 Å². The van der Waals surface area contributed by atoms with Gasteiger partial charge in [-0.05, 0) is 37.8 Å². The molecule has 7 heteroatoms. The number of hydrogen-bond acceptors (Lipinski definition) is 4. The van der Waals surface area contributed by atoms with Gasteiger partial charge in [-0.25, -0.2) is 9.18 Å². The molecule has 0 aliphatic carbocycles. The Morgan fingerprint density at radius 2 is 2.04 bits per heavy atom. The van der Waals surface area contributed by atoms with Gasteiger partial charge in [0.2, 0.25) is 0 Å². The second kappa shape index (κ2) is 8.60. The van der Waals surface area contributed by atoms with Gasteiger partial charge >= 0.3 is 12.1 Å². The first-order chi connectivity index (χ1) is 11.9. The van der Waals surface area contributed by atoms with Crippen LogP contribution in [0.15, 0.2) is 24.3 Å². The van der Waals surface area contributed by atoms with Crippen LogP contribution in [0.3, 0.4) is 0 Å². The SMILES string of the molecule is CCOC(=O)CC(=O)C1CCN(C(=O)O)C(Cc2ccccc2F)C1. The molecule has 1 fully saturated rings. The maximum atomic E-state index is 13.9. The molecule has 1 N–H and O–H groups in total. The largest absolute Gasteiger partial charge is 0.466 e. The monoisotopic (exact) mass is 351 g/mol. The number of ketones is 1. The van der Waals surface area contributed by atoms with Gasteiger partial charge in [0.15, 0.2) is 0 Å². The Morgan fingerprint density at radius 3 is 2.68 bits per heavy atom. The van der Waals surface area contributed by atoms with Crippen LogP contribution in [0.25, 0.3) is 0 Å². The van der Waals surface area contributed by atoms with Crippen molar-refractivity contribution in [2.45, 2.75) is 38.6 Å². The first-order valence-electron chi connectivity index (χ1n) is 8.33. The standard InChI is InChI=1S/C18H22FNO5/c1-2-25-17(22)11-16(21)13-7-8-20(18(23)24)14(10-13)9-12-5-3-4-6-15(12)19/h3-6,13-14H,2,7-11H2,1H3,(H,23,24). The molecular weight excluding hydrogens is 329 g/mol. The summed E-state index contributed by atoms with van der Waals surface area (Å²) in [7, 11) is 0. The molecule has 6 nitrogen and oxygen atoms in total. The zero-order valence-electron chi connectivity index (χ0n) is 14.1. The van der Waals surface area contributed by atoms with Crippen LogP contribution in [0.1, 0.15) is 31.7 Å². The van der Waals surface area contributed by atoms with E-state index >= 15 is 0 Å². The fourth-order valence-corrected chi connectivity index (χ4v) is 3.21. The molecule has 0 aromatic heterocycles. The van der Waals surface area contributed by atoms with Gasteiger partial charge in [0.05, 0.1) is 6.61 Å². The lowest BCUT2D eigenvalue weighted by molar-refractivity contribution is -0.146. The topological polar surface area (TPSA) is 83.9 Å². The number of nitrogens with zero attached hydrogens (tertiary/aromatic N) is 1. The van der Waals surface area contributed by atoms with Crippen molar-refractivity contribution in [1.82, 2.24) is 4.90 Å². The van der Waals surface area contributed by atoms with Crippen molar-refractivity contribution in [2.24, 2.45) is 5.92 Å². The molecule has 1 aliphatic rings. The molecule has 1 aromatic rings. The number of carboxylic acid groups (broad SMARTS) is 1. The van der Waals surface area contributed by atoms with Crippen molar-refractivity contribution in [3.8, 4) is 0 Å². The molecule has 2 atom stereocenters. The van der Waals surface area contributed by atoms with Gasteiger partial charge in [-0.1, -0.05) is 18.2 Å². The lowest BCUT2D eigenvalue weighted by Crippen LogP contribution is -2.48. The number of likely N-dealkylation sites (tertiary alicyclic amines) is 1. The number of piperidine rings is 1. The van der Waals surface area contributed by atoms with Crippen LogP contribution in [0.4, 0.5) is 9.18 Å². The molecule has 0 saturated carbocycles. The van der Waals surface area contributed by atoms with Gasteiger partial charge in [-0.3, -0.25) is 9.59 Å². The highest BCUT2D eigenvalue weighted by Crippen LogP contribution is 2.28. The Kier molecular flexibility index (Phi) is 6.50. The van der Waals surface area contributed by atoms with Crippen molar-refractivity contribution < 1.29 is 28.6 Å². The summed E-state index contributed by atoms with van der Waals surface area (Å²) >= 11 is 0. The number of esters is 1. The maximum Gasteiger partial charge on any atom is 0.407 e. The van der Waals surface area contributed by atoms with Crippen LogP contribution in [-0.2, 0) is 20.7 Å². The molecule has 2 unspecified atom stereocenters. The number of hydrogen-bond donors (Lipinski definition) is 1. The van der Waals surface area contributed by atoms with Gasteiger partial charge in [0.25, 0.3) is 0 Å². The molecule has 136 valence electrons. The fraction of sp³-hybridized carbons (Fsp3) is 0.500. The van der Waals surface area contributed by atoms with Crippen molar-refractivity contribution >= 4 is 17.8 Å². The lowest BCUT2D eigenvalue weighted by Gasteiger charge is -2.37. The average Bonchev–Trinajstić information content (AvgIpc) is 2.56. The number of carbonyl (C=O) groups is 3. The Hall–Kier alpha value is -2.44. The van der Waals surface area contributed by atoms with E-state index < -0.39 is 29.8 Å². The van der Waals surface area contributed by atoms with Crippen LogP contribution < -0.4 is 0 Å². The summed E-state index contributed by atoms with van der Waals surface area (Å²) < 4.78 is 18.7. The summed E-state index contributed by atoms with van der Waals surface area (Å²) in [5, 5.41) is 9.37. The first kappa shape index (κ1) is 18.9. The summed E-state index contributed by atoms with van der Waals surface area (Å²) in [5.41, 5.74) is 0.414. The summed E-state index contributed by atoms with van der Waals surface area (Å²) in [4.78, 5) is 36.5. The number of halogens is 1. The van der Waals surface area contributed by atoms with E-state index in [1.165, 1.54) is 11.0 Å². The van der Waals surface area contributed by atoms with E-state index in [1.807, 2.05) is 0 Å². The lowest BCUT2D eigenvalue weighted by atomic mass is 9.84. The second-order valence-electron chi connectivity index (χ2n) is 6.09. The van der Waals surface area contributed by atoms with Crippen molar-refractivity contribution in [3.63, 3.8) is 0 Å². The normalized spacial score (nSPS) is 20.2. The molecule has 1 amide bonds. The van der Waals surface area contributed by atoms with E-state index in [1.54, 1.807) is 25.1 Å². The first-order valence-corrected chi connectivity index (χ1v) is 8.33. The van der Waals surface area contributed by atoms with Gasteiger partial charge in [0, 0.05) is 18.5 Å². The maximum absolute atomic E-state index is 13.9. The van der Waals surface area contributed by atoms with E-state index in [2.05, 4.69) is 0 Å². The number of rotatable bonds is 6. The van der Waals surface area contributed by atoms with Crippen molar-refractivity contribution in [2.75, 3.05) is 13.2 Å². The number of carbonyl (C=O) groups excluding carboxylic acids is 2. The van der Waals surface area contributed by atoms with E-state index in [9.17, 15) is 23.9 Å². The molecule has 0 spiro atoms. The van der Waals surface area contributed by atoms with Crippen molar-refractivity contribution in [1.29, 1.82) is 0 Å². The summed E-state index contributed by atoms with van der Waals surface area (Å²) in [6, 6.07) is 5.70. The smallest absolute Gasteiger partial charge is 0.407 e. The van der Waals surface area contributed by atoms with Crippen molar-refractivity contribution in [3.05, 3.63) is 35.6 Å². The van der Waals surface area contributed by atoms with Gasteiger partial charge in [-0.2, -0.15) is 0 Å². The van der Waals surface area contributed by atoms with Gasteiger partial charge in [0.1, 0.15) is 18.0 Å². The third-order valence-corrected chi connectivity index (χ3v) is 4.45. The third kappa shape index (κ3) is 5.01. The Bertz CT molecular complexity index is 648. The van der Waals surface area contributed by atoms with Crippen LogP contribution >= 0.6 is 0 Å². The predicted octanol–water partition coefficient (Wildman–Crippen LogP) is 2.65. The van der Waals surface area contributed by atoms with Crippen LogP contribution in [0.5, 0.6) is 0 Å². The number of ether oxygens (including phenoxy) is 1. The highest BCUT2D eigenvalue weighted by molar-refractivity contribution is 5.96. The van der Waals surface area contributed by atoms with E-state index in [-0.39, 0.29) is 38.2 Å². The van der Waals surface area contributed by atoms with E-state index in [4.69, 9.17) is 4.74 Å². The van der Waals surface area contributed by atoms with Crippen LogP contribution in [-0.4, -0.2) is 47.0 Å². The number of amides is 1. The quantitative estimate of drug-likeness (QED) is 0.629. The van der Waals surface area contributed by atoms with Gasteiger partial charge in [-0.15, -0.1) is 0 Å².